The topological polar surface area (TPSA) is 47.9 Å². The summed E-state index contributed by atoms with van der Waals surface area (Å²) in [6.45, 7) is 4.45. The molecule has 0 radical (unpaired) electrons. The molecule has 4 nitrogen and oxygen atoms in total. The predicted molar refractivity (Wildman–Crippen MR) is 114 cm³/mol. The van der Waals surface area contributed by atoms with Crippen LogP contribution in [0.25, 0.3) is 22.5 Å². The summed E-state index contributed by atoms with van der Waals surface area (Å²) >= 11 is 0. The number of pyridine rings is 1. The molecule has 0 aliphatic carbocycles. The lowest BCUT2D eigenvalue weighted by atomic mass is 10.1. The lowest BCUT2D eigenvalue weighted by Gasteiger charge is -2.10. The predicted octanol–water partition coefficient (Wildman–Crippen LogP) is 6.53. The normalized spacial score (nSPS) is 10.9. The monoisotopic (exact) mass is 411 g/mol. The van der Waals surface area contributed by atoms with Crippen molar-refractivity contribution in [3.05, 3.63) is 60.2 Å². The second kappa shape index (κ2) is 10.8. The standard InChI is InChI=1S/C24H27F2N3O/c1-3-4-5-6-7-8-13-30-21-12-11-20(22(25)23(21)26)24-28-15-19(16-29-24)18-10-9-17(2)27-14-18/h9-12,14-16H,3-8,13H2,1-2H3. The number of hydrogen-bond acceptors (Lipinski definition) is 4. The van der Waals surface area contributed by atoms with E-state index in [1.54, 1.807) is 18.6 Å². The average Bonchev–Trinajstić information content (AvgIpc) is 2.77. The van der Waals surface area contributed by atoms with E-state index in [4.69, 9.17) is 4.74 Å². The Kier molecular flexibility index (Phi) is 7.82. The van der Waals surface area contributed by atoms with Gasteiger partial charge in [0.1, 0.15) is 0 Å². The quantitative estimate of drug-likeness (QED) is 0.356. The van der Waals surface area contributed by atoms with Crippen molar-refractivity contribution in [1.82, 2.24) is 15.0 Å². The van der Waals surface area contributed by atoms with Gasteiger partial charge < -0.3 is 4.74 Å². The summed E-state index contributed by atoms with van der Waals surface area (Å²) in [5.74, 6) is -1.96. The molecule has 2 aromatic heterocycles. The summed E-state index contributed by atoms with van der Waals surface area (Å²) in [7, 11) is 0. The average molecular weight is 411 g/mol. The van der Waals surface area contributed by atoms with Gasteiger partial charge in [0, 0.05) is 35.4 Å². The molecule has 158 valence electrons. The Bertz CT molecular complexity index is 944. The maximum Gasteiger partial charge on any atom is 0.201 e. The van der Waals surface area contributed by atoms with E-state index in [0.29, 0.717) is 6.61 Å². The van der Waals surface area contributed by atoms with E-state index in [2.05, 4.69) is 21.9 Å². The SMILES string of the molecule is CCCCCCCCOc1ccc(-c2ncc(-c3ccc(C)nc3)cn2)c(F)c1F. The highest BCUT2D eigenvalue weighted by Crippen LogP contribution is 2.29. The van der Waals surface area contributed by atoms with Crippen molar-refractivity contribution in [3.63, 3.8) is 0 Å². The summed E-state index contributed by atoms with van der Waals surface area (Å²) < 4.78 is 34.5. The molecule has 1 aromatic carbocycles. The zero-order valence-corrected chi connectivity index (χ0v) is 17.5. The fourth-order valence-electron chi connectivity index (χ4n) is 3.14. The molecule has 0 atom stereocenters. The lowest BCUT2D eigenvalue weighted by molar-refractivity contribution is 0.285. The Morgan fingerprint density at radius 1 is 0.767 bits per heavy atom. The third-order valence-electron chi connectivity index (χ3n) is 4.94. The summed E-state index contributed by atoms with van der Waals surface area (Å²) in [6.07, 6.45) is 11.5. The Hall–Kier alpha value is -2.89. The Balaban J connectivity index is 1.64. The molecule has 0 fully saturated rings. The van der Waals surface area contributed by atoms with Gasteiger partial charge in [0.15, 0.2) is 17.4 Å². The highest BCUT2D eigenvalue weighted by atomic mass is 19.2. The molecule has 0 aliphatic heterocycles. The minimum absolute atomic E-state index is 0.00740. The molecule has 0 saturated carbocycles. The fraction of sp³-hybridized carbons (Fsp3) is 0.375. The second-order valence-electron chi connectivity index (χ2n) is 7.34. The molecular weight excluding hydrogens is 384 g/mol. The van der Waals surface area contributed by atoms with Crippen molar-refractivity contribution < 1.29 is 13.5 Å². The number of nitrogens with zero attached hydrogens (tertiary/aromatic N) is 3. The van der Waals surface area contributed by atoms with Crippen LogP contribution >= 0.6 is 0 Å². The number of benzene rings is 1. The number of ether oxygens (including phenoxy) is 1. The zero-order chi connectivity index (χ0) is 21.3. The molecule has 30 heavy (non-hydrogen) atoms. The summed E-state index contributed by atoms with van der Waals surface area (Å²) in [6, 6.07) is 6.70. The summed E-state index contributed by atoms with van der Waals surface area (Å²) in [4.78, 5) is 12.6. The molecule has 0 saturated heterocycles. The van der Waals surface area contributed by atoms with Gasteiger partial charge in [-0.2, -0.15) is 4.39 Å². The van der Waals surface area contributed by atoms with E-state index in [1.165, 1.54) is 31.4 Å². The first kappa shape index (κ1) is 21.8. The number of hydrogen-bond donors (Lipinski definition) is 0. The van der Waals surface area contributed by atoms with Gasteiger partial charge in [0.05, 0.1) is 12.2 Å². The molecule has 0 amide bonds. The van der Waals surface area contributed by atoms with E-state index in [1.807, 2.05) is 19.1 Å². The minimum atomic E-state index is -1.01. The van der Waals surface area contributed by atoms with Gasteiger partial charge in [-0.25, -0.2) is 14.4 Å². The van der Waals surface area contributed by atoms with Crippen LogP contribution in [0.1, 0.15) is 51.1 Å². The van der Waals surface area contributed by atoms with Crippen molar-refractivity contribution in [2.24, 2.45) is 0 Å². The van der Waals surface area contributed by atoms with Crippen LogP contribution in [-0.4, -0.2) is 21.6 Å². The molecular formula is C24H27F2N3O. The van der Waals surface area contributed by atoms with E-state index < -0.39 is 11.6 Å². The Morgan fingerprint density at radius 3 is 2.17 bits per heavy atom. The van der Waals surface area contributed by atoms with Crippen molar-refractivity contribution in [2.45, 2.75) is 52.4 Å². The van der Waals surface area contributed by atoms with Crippen LogP contribution in [0, 0.1) is 18.6 Å². The molecule has 0 unspecified atom stereocenters. The van der Waals surface area contributed by atoms with Crippen LogP contribution in [0.2, 0.25) is 0 Å². The number of aryl methyl sites for hydroxylation is 1. The van der Waals surface area contributed by atoms with Gasteiger partial charge in [-0.3, -0.25) is 4.98 Å². The van der Waals surface area contributed by atoms with E-state index in [0.717, 1.165) is 36.1 Å². The Labute approximate surface area is 176 Å². The van der Waals surface area contributed by atoms with Crippen molar-refractivity contribution in [1.29, 1.82) is 0 Å². The number of aromatic nitrogens is 3. The third-order valence-corrected chi connectivity index (χ3v) is 4.94. The fourth-order valence-corrected chi connectivity index (χ4v) is 3.14. The first-order chi connectivity index (χ1) is 14.6. The molecule has 0 spiro atoms. The second-order valence-corrected chi connectivity index (χ2v) is 7.34. The van der Waals surface area contributed by atoms with Crippen molar-refractivity contribution in [3.8, 4) is 28.3 Å². The summed E-state index contributed by atoms with van der Waals surface area (Å²) in [5.41, 5.74) is 2.53. The van der Waals surface area contributed by atoms with Crippen LogP contribution in [0.4, 0.5) is 8.78 Å². The van der Waals surface area contributed by atoms with E-state index >= 15 is 0 Å². The number of unbranched alkanes of at least 4 members (excludes halogenated alkanes) is 5. The maximum absolute atomic E-state index is 14.6. The largest absolute Gasteiger partial charge is 0.490 e. The highest BCUT2D eigenvalue weighted by molar-refractivity contribution is 5.63. The molecule has 0 aliphatic rings. The van der Waals surface area contributed by atoms with Gasteiger partial charge >= 0.3 is 0 Å². The lowest BCUT2D eigenvalue weighted by Crippen LogP contribution is -2.02. The van der Waals surface area contributed by atoms with Crippen LogP contribution in [-0.2, 0) is 0 Å². The van der Waals surface area contributed by atoms with Gasteiger partial charge in [-0.1, -0.05) is 45.1 Å². The van der Waals surface area contributed by atoms with Crippen LogP contribution < -0.4 is 4.74 Å². The van der Waals surface area contributed by atoms with E-state index in [9.17, 15) is 8.78 Å². The van der Waals surface area contributed by atoms with E-state index in [-0.39, 0.29) is 17.1 Å². The third kappa shape index (κ3) is 5.59. The van der Waals surface area contributed by atoms with Gasteiger partial charge in [0.25, 0.3) is 0 Å². The van der Waals surface area contributed by atoms with Crippen LogP contribution in [0.15, 0.2) is 42.9 Å². The molecule has 0 N–H and O–H groups in total. The van der Waals surface area contributed by atoms with Gasteiger partial charge in [0.2, 0.25) is 5.82 Å². The first-order valence-corrected chi connectivity index (χ1v) is 10.5. The minimum Gasteiger partial charge on any atom is -0.490 e. The molecule has 3 aromatic rings. The molecule has 0 bridgehead atoms. The zero-order valence-electron chi connectivity index (χ0n) is 17.5. The molecule has 3 rings (SSSR count). The van der Waals surface area contributed by atoms with Crippen LogP contribution in [0.3, 0.4) is 0 Å². The smallest absolute Gasteiger partial charge is 0.201 e. The maximum atomic E-state index is 14.6. The Morgan fingerprint density at radius 2 is 1.47 bits per heavy atom. The molecule has 6 heteroatoms. The number of halogens is 2. The molecule has 2 heterocycles. The van der Waals surface area contributed by atoms with Gasteiger partial charge in [-0.05, 0) is 31.5 Å². The first-order valence-electron chi connectivity index (χ1n) is 10.5. The highest BCUT2D eigenvalue weighted by Gasteiger charge is 2.17. The number of rotatable bonds is 10. The summed E-state index contributed by atoms with van der Waals surface area (Å²) in [5, 5.41) is 0. The van der Waals surface area contributed by atoms with Crippen LogP contribution in [0.5, 0.6) is 5.75 Å². The van der Waals surface area contributed by atoms with Gasteiger partial charge in [-0.15, -0.1) is 0 Å². The van der Waals surface area contributed by atoms with Crippen molar-refractivity contribution in [2.75, 3.05) is 6.61 Å². The van der Waals surface area contributed by atoms with Crippen molar-refractivity contribution >= 4 is 0 Å².